The minimum Gasteiger partial charge on any atom is -0.314 e. The number of hydrogen-bond donors (Lipinski definition) is 1. The molecule has 118 valence electrons. The second kappa shape index (κ2) is 6.79. The third-order valence-electron chi connectivity index (χ3n) is 5.62. The van der Waals surface area contributed by atoms with Crippen molar-refractivity contribution < 1.29 is 0 Å². The van der Waals surface area contributed by atoms with Crippen molar-refractivity contribution in [3.8, 4) is 0 Å². The van der Waals surface area contributed by atoms with Crippen molar-refractivity contribution in [2.75, 3.05) is 19.6 Å². The first kappa shape index (κ1) is 16.3. The molecule has 0 bridgehead atoms. The fourth-order valence-corrected chi connectivity index (χ4v) is 3.97. The van der Waals surface area contributed by atoms with Crippen LogP contribution in [0.5, 0.6) is 0 Å². The Labute approximate surface area is 126 Å². The zero-order valence-electron chi connectivity index (χ0n) is 14.4. The number of hydrogen-bond acceptors (Lipinski definition) is 2. The first-order chi connectivity index (χ1) is 9.38. The Balaban J connectivity index is 1.81. The maximum Gasteiger partial charge on any atom is 0.0136 e. The van der Waals surface area contributed by atoms with Gasteiger partial charge in [-0.15, -0.1) is 0 Å². The second-order valence-electron chi connectivity index (χ2n) is 8.50. The van der Waals surface area contributed by atoms with E-state index in [2.05, 4.69) is 44.8 Å². The molecule has 0 aromatic heterocycles. The lowest BCUT2D eigenvalue weighted by atomic mass is 9.76. The molecule has 1 saturated carbocycles. The van der Waals surface area contributed by atoms with Crippen molar-refractivity contribution in [3.63, 3.8) is 0 Å². The molecule has 3 unspecified atom stereocenters. The molecule has 0 aromatic rings. The SMILES string of the molecule is CC(C)NCC1CCC1N1CCCC(C(C)(C)C)CC1. The summed E-state index contributed by atoms with van der Waals surface area (Å²) in [5.74, 6) is 1.82. The molecular formula is C18H36N2. The molecule has 2 aliphatic rings. The van der Waals surface area contributed by atoms with E-state index in [1.165, 1.54) is 51.7 Å². The summed E-state index contributed by atoms with van der Waals surface area (Å²) in [5, 5.41) is 3.64. The Morgan fingerprint density at radius 1 is 1.05 bits per heavy atom. The quantitative estimate of drug-likeness (QED) is 0.840. The van der Waals surface area contributed by atoms with Crippen LogP contribution in [0.2, 0.25) is 0 Å². The molecule has 1 heterocycles. The van der Waals surface area contributed by atoms with Gasteiger partial charge < -0.3 is 10.2 Å². The predicted molar refractivity (Wildman–Crippen MR) is 88.0 cm³/mol. The summed E-state index contributed by atoms with van der Waals surface area (Å²) in [5.41, 5.74) is 0.494. The minimum absolute atomic E-state index is 0.494. The van der Waals surface area contributed by atoms with Crippen LogP contribution in [0, 0.1) is 17.3 Å². The largest absolute Gasteiger partial charge is 0.314 e. The molecule has 1 aliphatic carbocycles. The standard InChI is InChI=1S/C18H36N2/c1-14(2)19-13-15-8-9-17(15)20-11-6-7-16(10-12-20)18(3,4)5/h14-17,19H,6-13H2,1-5H3. The first-order valence-corrected chi connectivity index (χ1v) is 8.85. The van der Waals surface area contributed by atoms with E-state index in [-0.39, 0.29) is 0 Å². The van der Waals surface area contributed by atoms with Crippen molar-refractivity contribution in [1.29, 1.82) is 0 Å². The molecule has 1 saturated heterocycles. The molecule has 2 heteroatoms. The van der Waals surface area contributed by atoms with E-state index >= 15 is 0 Å². The Morgan fingerprint density at radius 3 is 2.35 bits per heavy atom. The van der Waals surface area contributed by atoms with Crippen LogP contribution < -0.4 is 5.32 Å². The maximum atomic E-state index is 3.64. The van der Waals surface area contributed by atoms with Crippen LogP contribution in [0.1, 0.15) is 66.7 Å². The van der Waals surface area contributed by atoms with Gasteiger partial charge in [0.1, 0.15) is 0 Å². The molecule has 0 aromatic carbocycles. The van der Waals surface area contributed by atoms with Crippen molar-refractivity contribution in [3.05, 3.63) is 0 Å². The Hall–Kier alpha value is -0.0800. The smallest absolute Gasteiger partial charge is 0.0136 e. The van der Waals surface area contributed by atoms with E-state index in [1.54, 1.807) is 0 Å². The number of likely N-dealkylation sites (tertiary alicyclic amines) is 1. The van der Waals surface area contributed by atoms with E-state index in [0.717, 1.165) is 17.9 Å². The highest BCUT2D eigenvalue weighted by molar-refractivity contribution is 4.92. The summed E-state index contributed by atoms with van der Waals surface area (Å²) in [4.78, 5) is 2.82. The summed E-state index contributed by atoms with van der Waals surface area (Å²) < 4.78 is 0. The van der Waals surface area contributed by atoms with Crippen LogP contribution in [-0.4, -0.2) is 36.6 Å². The molecule has 0 radical (unpaired) electrons. The maximum absolute atomic E-state index is 3.64. The normalized spacial score (nSPS) is 33.0. The molecule has 2 nitrogen and oxygen atoms in total. The lowest BCUT2D eigenvalue weighted by Crippen LogP contribution is -2.51. The van der Waals surface area contributed by atoms with Crippen molar-refractivity contribution >= 4 is 0 Å². The van der Waals surface area contributed by atoms with E-state index < -0.39 is 0 Å². The zero-order valence-corrected chi connectivity index (χ0v) is 14.4. The van der Waals surface area contributed by atoms with Gasteiger partial charge in [-0.2, -0.15) is 0 Å². The third kappa shape index (κ3) is 4.21. The molecule has 2 rings (SSSR count). The van der Waals surface area contributed by atoms with Crippen LogP contribution >= 0.6 is 0 Å². The summed E-state index contributed by atoms with van der Waals surface area (Å²) in [6.45, 7) is 15.7. The highest BCUT2D eigenvalue weighted by Gasteiger charge is 2.37. The van der Waals surface area contributed by atoms with Gasteiger partial charge in [-0.25, -0.2) is 0 Å². The van der Waals surface area contributed by atoms with Crippen LogP contribution in [0.3, 0.4) is 0 Å². The molecule has 0 spiro atoms. The number of rotatable bonds is 4. The predicted octanol–water partition coefficient (Wildman–Crippen LogP) is 3.91. The second-order valence-corrected chi connectivity index (χ2v) is 8.50. The fourth-order valence-electron chi connectivity index (χ4n) is 3.97. The van der Waals surface area contributed by atoms with Gasteiger partial charge >= 0.3 is 0 Å². The highest BCUT2D eigenvalue weighted by Crippen LogP contribution is 2.38. The molecular weight excluding hydrogens is 244 g/mol. The number of nitrogens with zero attached hydrogens (tertiary/aromatic N) is 1. The molecule has 0 amide bonds. The van der Waals surface area contributed by atoms with Gasteiger partial charge in [-0.1, -0.05) is 34.6 Å². The topological polar surface area (TPSA) is 15.3 Å². The Morgan fingerprint density at radius 2 is 1.80 bits per heavy atom. The lowest BCUT2D eigenvalue weighted by molar-refractivity contribution is 0.0609. The third-order valence-corrected chi connectivity index (χ3v) is 5.62. The van der Waals surface area contributed by atoms with Crippen molar-refractivity contribution in [2.24, 2.45) is 17.3 Å². The number of nitrogens with one attached hydrogen (secondary N) is 1. The van der Waals surface area contributed by atoms with Gasteiger partial charge in [-0.05, 0) is 69.0 Å². The minimum atomic E-state index is 0.494. The average Bonchev–Trinajstić information content (AvgIpc) is 2.52. The van der Waals surface area contributed by atoms with E-state index in [1.807, 2.05) is 0 Å². The van der Waals surface area contributed by atoms with Gasteiger partial charge in [0.15, 0.2) is 0 Å². The van der Waals surface area contributed by atoms with Gasteiger partial charge in [0, 0.05) is 12.1 Å². The van der Waals surface area contributed by atoms with E-state index in [9.17, 15) is 0 Å². The van der Waals surface area contributed by atoms with Gasteiger partial charge in [0.05, 0.1) is 0 Å². The summed E-state index contributed by atoms with van der Waals surface area (Å²) in [6, 6.07) is 1.51. The van der Waals surface area contributed by atoms with Gasteiger partial charge in [0.2, 0.25) is 0 Å². The lowest BCUT2D eigenvalue weighted by Gasteiger charge is -2.45. The highest BCUT2D eigenvalue weighted by atomic mass is 15.2. The van der Waals surface area contributed by atoms with Crippen LogP contribution in [0.4, 0.5) is 0 Å². The zero-order chi connectivity index (χ0) is 14.8. The van der Waals surface area contributed by atoms with Crippen LogP contribution in [-0.2, 0) is 0 Å². The van der Waals surface area contributed by atoms with Gasteiger partial charge in [-0.3, -0.25) is 0 Å². The average molecular weight is 280 g/mol. The summed E-state index contributed by atoms with van der Waals surface area (Å²) >= 11 is 0. The molecule has 3 atom stereocenters. The van der Waals surface area contributed by atoms with Crippen LogP contribution in [0.15, 0.2) is 0 Å². The summed E-state index contributed by atoms with van der Waals surface area (Å²) in [6.07, 6.45) is 7.11. The van der Waals surface area contributed by atoms with E-state index in [0.29, 0.717) is 11.5 Å². The molecule has 2 fully saturated rings. The van der Waals surface area contributed by atoms with Crippen molar-refractivity contribution in [2.45, 2.75) is 78.8 Å². The van der Waals surface area contributed by atoms with Gasteiger partial charge in [0.25, 0.3) is 0 Å². The van der Waals surface area contributed by atoms with Crippen molar-refractivity contribution in [1.82, 2.24) is 10.2 Å². The summed E-state index contributed by atoms with van der Waals surface area (Å²) in [7, 11) is 0. The molecule has 1 aliphatic heterocycles. The molecule has 20 heavy (non-hydrogen) atoms. The van der Waals surface area contributed by atoms with Crippen LogP contribution in [0.25, 0.3) is 0 Å². The fraction of sp³-hybridized carbons (Fsp3) is 1.00. The monoisotopic (exact) mass is 280 g/mol. The first-order valence-electron chi connectivity index (χ1n) is 8.85. The Bertz CT molecular complexity index is 292. The Kier molecular flexibility index (Phi) is 5.53. The molecule has 1 N–H and O–H groups in total. The van der Waals surface area contributed by atoms with E-state index in [4.69, 9.17) is 0 Å².